The molecule has 0 saturated carbocycles. The zero-order valence-electron chi connectivity index (χ0n) is 17.8. The highest BCUT2D eigenvalue weighted by Crippen LogP contribution is 2.27. The molecule has 3 rings (SSSR count). The molecule has 9 heteroatoms. The summed E-state index contributed by atoms with van der Waals surface area (Å²) in [6, 6.07) is 11.3. The molecule has 166 valence electrons. The van der Waals surface area contributed by atoms with Crippen LogP contribution in [0, 0.1) is 12.8 Å². The van der Waals surface area contributed by atoms with Crippen molar-refractivity contribution in [2.24, 2.45) is 5.92 Å². The van der Waals surface area contributed by atoms with Gasteiger partial charge in [0.05, 0.1) is 24.7 Å². The summed E-state index contributed by atoms with van der Waals surface area (Å²) in [6.07, 6.45) is 0.827. The van der Waals surface area contributed by atoms with Gasteiger partial charge in [-0.3, -0.25) is 4.79 Å². The van der Waals surface area contributed by atoms with Gasteiger partial charge in [-0.2, -0.15) is 4.31 Å². The number of carbonyl (C=O) groups excluding carboxylic acids is 2. The van der Waals surface area contributed by atoms with Gasteiger partial charge in [-0.25, -0.2) is 13.2 Å². The number of nitrogens with one attached hydrogen (secondary N) is 1. The summed E-state index contributed by atoms with van der Waals surface area (Å²) >= 11 is 0. The lowest BCUT2D eigenvalue weighted by Gasteiger charge is -2.30. The summed E-state index contributed by atoms with van der Waals surface area (Å²) in [5.41, 5.74) is 1.56. The van der Waals surface area contributed by atoms with E-state index in [2.05, 4.69) is 5.32 Å². The van der Waals surface area contributed by atoms with E-state index in [9.17, 15) is 18.0 Å². The van der Waals surface area contributed by atoms with E-state index in [-0.39, 0.29) is 29.8 Å². The van der Waals surface area contributed by atoms with Crippen LogP contribution in [0.2, 0.25) is 0 Å². The maximum atomic E-state index is 12.9. The number of nitrogens with zero attached hydrogens (tertiary/aromatic N) is 1. The lowest BCUT2D eigenvalue weighted by molar-refractivity contribution is -0.120. The normalized spacial score (nSPS) is 15.3. The third-order valence-corrected chi connectivity index (χ3v) is 7.43. The molecule has 0 bridgehead atoms. The van der Waals surface area contributed by atoms with Crippen molar-refractivity contribution in [1.29, 1.82) is 0 Å². The van der Waals surface area contributed by atoms with Gasteiger partial charge in [0.2, 0.25) is 15.9 Å². The molecule has 2 aromatic carbocycles. The van der Waals surface area contributed by atoms with Crippen molar-refractivity contribution in [3.05, 3.63) is 53.6 Å². The number of ether oxygens (including phenoxy) is 2. The number of rotatable bonds is 6. The Labute approximate surface area is 182 Å². The molecule has 1 heterocycles. The van der Waals surface area contributed by atoms with Crippen LogP contribution in [0.3, 0.4) is 0 Å². The Kier molecular flexibility index (Phi) is 6.97. The number of amides is 1. The van der Waals surface area contributed by atoms with Crippen LogP contribution < -0.4 is 10.1 Å². The number of carbonyl (C=O) groups is 2. The Bertz CT molecular complexity index is 1060. The molecule has 1 saturated heterocycles. The highest BCUT2D eigenvalue weighted by molar-refractivity contribution is 7.89. The second kappa shape index (κ2) is 9.49. The van der Waals surface area contributed by atoms with Crippen molar-refractivity contribution in [3.8, 4) is 5.75 Å². The molecule has 1 fully saturated rings. The first-order valence-electron chi connectivity index (χ1n) is 9.91. The van der Waals surface area contributed by atoms with Gasteiger partial charge in [0.15, 0.2) is 0 Å². The van der Waals surface area contributed by atoms with Gasteiger partial charge in [0, 0.05) is 24.7 Å². The second-order valence-electron chi connectivity index (χ2n) is 7.31. The predicted octanol–water partition coefficient (Wildman–Crippen LogP) is 2.83. The number of esters is 1. The van der Waals surface area contributed by atoms with E-state index in [1.807, 2.05) is 0 Å². The van der Waals surface area contributed by atoms with E-state index in [0.717, 1.165) is 0 Å². The van der Waals surface area contributed by atoms with E-state index in [1.54, 1.807) is 37.3 Å². The Balaban J connectivity index is 1.64. The van der Waals surface area contributed by atoms with Gasteiger partial charge >= 0.3 is 5.97 Å². The highest BCUT2D eigenvalue weighted by Gasteiger charge is 2.32. The first kappa shape index (κ1) is 22.8. The zero-order chi connectivity index (χ0) is 22.6. The zero-order valence-corrected chi connectivity index (χ0v) is 18.6. The summed E-state index contributed by atoms with van der Waals surface area (Å²) in [6.45, 7) is 2.26. The fourth-order valence-electron chi connectivity index (χ4n) is 3.59. The van der Waals surface area contributed by atoms with Crippen molar-refractivity contribution in [1.82, 2.24) is 4.31 Å². The third-order valence-electron chi connectivity index (χ3n) is 5.52. The number of methoxy groups -OCH3 is 2. The topological polar surface area (TPSA) is 102 Å². The molecule has 0 atom stereocenters. The smallest absolute Gasteiger partial charge is 0.338 e. The summed E-state index contributed by atoms with van der Waals surface area (Å²) in [4.78, 5) is 24.8. The fourth-order valence-corrected chi connectivity index (χ4v) is 5.06. The number of sulfonamides is 1. The average molecular weight is 447 g/mol. The van der Waals surface area contributed by atoms with Crippen LogP contribution in [0.25, 0.3) is 0 Å². The summed E-state index contributed by atoms with van der Waals surface area (Å²) in [5, 5.41) is 2.87. The molecule has 0 spiro atoms. The number of piperidine rings is 1. The Morgan fingerprint density at radius 3 is 2.26 bits per heavy atom. The number of hydrogen-bond donors (Lipinski definition) is 1. The van der Waals surface area contributed by atoms with Gasteiger partial charge in [-0.1, -0.05) is 6.07 Å². The molecule has 0 aromatic heterocycles. The average Bonchev–Trinajstić information content (AvgIpc) is 2.80. The molecular formula is C22H26N2O6S. The lowest BCUT2D eigenvalue weighted by Crippen LogP contribution is -2.41. The van der Waals surface area contributed by atoms with Gasteiger partial charge in [0.1, 0.15) is 5.75 Å². The van der Waals surface area contributed by atoms with E-state index in [4.69, 9.17) is 9.47 Å². The third kappa shape index (κ3) is 4.88. The molecule has 0 radical (unpaired) electrons. The molecule has 0 aliphatic carbocycles. The maximum absolute atomic E-state index is 12.9. The summed E-state index contributed by atoms with van der Waals surface area (Å²) in [5.74, 6) is -0.387. The van der Waals surface area contributed by atoms with Crippen molar-refractivity contribution >= 4 is 27.6 Å². The molecule has 0 unspecified atom stereocenters. The number of anilines is 1. The van der Waals surface area contributed by atoms with Crippen LogP contribution in [0.15, 0.2) is 47.4 Å². The SMILES string of the molecule is COC(=O)c1cccc(NC(=O)C2CCN(S(=O)(=O)c3ccc(OC)cc3)CC2)c1C. The minimum atomic E-state index is -3.63. The van der Waals surface area contributed by atoms with Crippen molar-refractivity contribution in [3.63, 3.8) is 0 Å². The lowest BCUT2D eigenvalue weighted by atomic mass is 9.96. The quantitative estimate of drug-likeness (QED) is 0.685. The van der Waals surface area contributed by atoms with Crippen molar-refractivity contribution in [2.45, 2.75) is 24.7 Å². The van der Waals surface area contributed by atoms with Crippen LogP contribution in [0.1, 0.15) is 28.8 Å². The molecule has 2 aromatic rings. The highest BCUT2D eigenvalue weighted by atomic mass is 32.2. The van der Waals surface area contributed by atoms with Crippen molar-refractivity contribution < 1.29 is 27.5 Å². The van der Waals surface area contributed by atoms with Gasteiger partial charge in [-0.05, 0) is 61.7 Å². The molecule has 1 amide bonds. The van der Waals surface area contributed by atoms with E-state index < -0.39 is 16.0 Å². The van der Waals surface area contributed by atoms with Crippen LogP contribution in [0.4, 0.5) is 5.69 Å². The monoisotopic (exact) mass is 446 g/mol. The number of hydrogen-bond acceptors (Lipinski definition) is 6. The predicted molar refractivity (Wildman–Crippen MR) is 116 cm³/mol. The van der Waals surface area contributed by atoms with Crippen LogP contribution in [-0.2, 0) is 19.6 Å². The summed E-state index contributed by atoms with van der Waals surface area (Å²) < 4.78 is 37.0. The van der Waals surface area contributed by atoms with Crippen LogP contribution in [0.5, 0.6) is 5.75 Å². The fraction of sp³-hybridized carbons (Fsp3) is 0.364. The molecule has 1 aliphatic rings. The van der Waals surface area contributed by atoms with E-state index in [1.165, 1.54) is 30.7 Å². The molecule has 1 N–H and O–H groups in total. The van der Waals surface area contributed by atoms with E-state index in [0.29, 0.717) is 35.4 Å². The largest absolute Gasteiger partial charge is 0.497 e. The first-order valence-corrected chi connectivity index (χ1v) is 11.3. The van der Waals surface area contributed by atoms with Gasteiger partial charge in [-0.15, -0.1) is 0 Å². The molecule has 31 heavy (non-hydrogen) atoms. The van der Waals surface area contributed by atoms with Crippen LogP contribution >= 0.6 is 0 Å². The first-order chi connectivity index (χ1) is 14.8. The Morgan fingerprint density at radius 1 is 1.03 bits per heavy atom. The maximum Gasteiger partial charge on any atom is 0.338 e. The van der Waals surface area contributed by atoms with Gasteiger partial charge < -0.3 is 14.8 Å². The minimum absolute atomic E-state index is 0.188. The standard InChI is InChI=1S/C22H26N2O6S/c1-15-19(22(26)30-3)5-4-6-20(15)23-21(25)16-11-13-24(14-12-16)31(27,28)18-9-7-17(29-2)8-10-18/h4-10,16H,11-14H2,1-3H3,(H,23,25). The van der Waals surface area contributed by atoms with Crippen LogP contribution in [-0.4, -0.2) is 51.9 Å². The summed E-state index contributed by atoms with van der Waals surface area (Å²) in [7, 11) is -0.798. The molecule has 1 aliphatic heterocycles. The van der Waals surface area contributed by atoms with Crippen molar-refractivity contribution in [2.75, 3.05) is 32.6 Å². The minimum Gasteiger partial charge on any atom is -0.497 e. The Hall–Kier alpha value is -2.91. The van der Waals surface area contributed by atoms with E-state index >= 15 is 0 Å². The van der Waals surface area contributed by atoms with Gasteiger partial charge in [0.25, 0.3) is 0 Å². The Morgan fingerprint density at radius 2 is 1.68 bits per heavy atom. The molecular weight excluding hydrogens is 420 g/mol. The number of benzene rings is 2. The second-order valence-corrected chi connectivity index (χ2v) is 9.25. The molecule has 8 nitrogen and oxygen atoms in total.